The summed E-state index contributed by atoms with van der Waals surface area (Å²) in [6, 6.07) is 2.88. The molecule has 0 spiro atoms. The minimum Gasteiger partial charge on any atom is -0.323 e. The summed E-state index contributed by atoms with van der Waals surface area (Å²) in [4.78, 5) is 23.5. The van der Waals surface area contributed by atoms with Gasteiger partial charge in [-0.05, 0) is 20.0 Å². The summed E-state index contributed by atoms with van der Waals surface area (Å²) in [7, 11) is 1.85. The van der Waals surface area contributed by atoms with Gasteiger partial charge in [-0.2, -0.15) is 0 Å². The van der Waals surface area contributed by atoms with E-state index in [0.29, 0.717) is 12.2 Å². The number of pyridine rings is 1. The van der Waals surface area contributed by atoms with Gasteiger partial charge >= 0.3 is 0 Å². The molecule has 1 fully saturated rings. The third kappa shape index (κ3) is 3.37. The molecule has 1 aliphatic heterocycles. The lowest BCUT2D eigenvalue weighted by Crippen LogP contribution is -2.44. The molecule has 104 valence electrons. The number of carbonyl (C=O) groups is 1. The van der Waals surface area contributed by atoms with Gasteiger partial charge in [-0.25, -0.2) is 0 Å². The van der Waals surface area contributed by atoms with E-state index in [-0.39, 0.29) is 23.0 Å². The van der Waals surface area contributed by atoms with Gasteiger partial charge < -0.3 is 9.88 Å². The Balaban J connectivity index is 2.01. The van der Waals surface area contributed by atoms with Crippen molar-refractivity contribution in [2.75, 3.05) is 18.1 Å². The van der Waals surface area contributed by atoms with Gasteiger partial charge in [0.25, 0.3) is 5.56 Å². The van der Waals surface area contributed by atoms with E-state index >= 15 is 0 Å². The Labute approximate surface area is 116 Å². The lowest BCUT2D eigenvalue weighted by molar-refractivity contribution is -0.117. The second kappa shape index (κ2) is 6.23. The zero-order chi connectivity index (χ0) is 13.8. The quantitative estimate of drug-likeness (QED) is 0.725. The molecule has 0 saturated carbocycles. The van der Waals surface area contributed by atoms with Crippen molar-refractivity contribution in [2.45, 2.75) is 25.0 Å². The number of amides is 1. The molecule has 1 aromatic heterocycles. The Morgan fingerprint density at radius 2 is 2.37 bits per heavy atom. The average molecular weight is 282 g/mol. The van der Waals surface area contributed by atoms with Crippen molar-refractivity contribution >= 4 is 23.4 Å². The minimum atomic E-state index is -0.218. The second-order valence-corrected chi connectivity index (χ2v) is 5.39. The van der Waals surface area contributed by atoms with E-state index in [1.165, 1.54) is 6.07 Å². The summed E-state index contributed by atoms with van der Waals surface area (Å²) >= 11 is 1.66. The molecule has 3 N–H and O–H groups in total. The molecule has 1 saturated heterocycles. The smallest absolute Gasteiger partial charge is 0.250 e. The van der Waals surface area contributed by atoms with Crippen LogP contribution in [-0.2, 0) is 11.3 Å². The standard InChI is InChI=1S/C12H18N4O2S/c1-3-16-6-8(4-5-10(16)17)14-11(18)9-7-19-12(13-2)15-9/h4-6,9,12-13,15H,3,7H2,1-2H3,(H,14,18). The number of aryl methyl sites for hydroxylation is 1. The maximum absolute atomic E-state index is 12.1. The van der Waals surface area contributed by atoms with Crippen LogP contribution in [0.1, 0.15) is 6.92 Å². The Hall–Kier alpha value is -1.31. The highest BCUT2D eigenvalue weighted by Gasteiger charge is 2.28. The van der Waals surface area contributed by atoms with E-state index in [2.05, 4.69) is 16.0 Å². The predicted molar refractivity (Wildman–Crippen MR) is 77.2 cm³/mol. The third-order valence-corrected chi connectivity index (χ3v) is 4.18. The first-order valence-electron chi connectivity index (χ1n) is 6.20. The van der Waals surface area contributed by atoms with Gasteiger partial charge in [-0.3, -0.25) is 20.2 Å². The molecule has 2 heterocycles. The first-order chi connectivity index (χ1) is 9.13. The van der Waals surface area contributed by atoms with Gasteiger partial charge in [0.05, 0.1) is 11.7 Å². The van der Waals surface area contributed by atoms with Gasteiger partial charge in [-0.1, -0.05) is 0 Å². The number of nitrogens with one attached hydrogen (secondary N) is 3. The molecule has 1 amide bonds. The van der Waals surface area contributed by atoms with E-state index in [9.17, 15) is 9.59 Å². The third-order valence-electron chi connectivity index (χ3n) is 2.95. The highest BCUT2D eigenvalue weighted by molar-refractivity contribution is 8.00. The zero-order valence-electron chi connectivity index (χ0n) is 11.0. The summed E-state index contributed by atoms with van der Waals surface area (Å²) in [5.41, 5.74) is 0.691. The van der Waals surface area contributed by atoms with Crippen molar-refractivity contribution in [3.05, 3.63) is 28.7 Å². The van der Waals surface area contributed by atoms with Crippen molar-refractivity contribution in [3.63, 3.8) is 0 Å². The van der Waals surface area contributed by atoms with Gasteiger partial charge in [-0.15, -0.1) is 11.8 Å². The molecular weight excluding hydrogens is 264 g/mol. The van der Waals surface area contributed by atoms with E-state index in [1.807, 2.05) is 14.0 Å². The maximum Gasteiger partial charge on any atom is 0.250 e. The lowest BCUT2D eigenvalue weighted by Gasteiger charge is -2.13. The highest BCUT2D eigenvalue weighted by atomic mass is 32.2. The summed E-state index contributed by atoms with van der Waals surface area (Å²) < 4.78 is 1.56. The zero-order valence-corrected chi connectivity index (χ0v) is 11.8. The van der Waals surface area contributed by atoms with Crippen molar-refractivity contribution in [1.82, 2.24) is 15.2 Å². The summed E-state index contributed by atoms with van der Waals surface area (Å²) in [5, 5.41) is 9.06. The number of nitrogens with zero attached hydrogens (tertiary/aromatic N) is 1. The SMILES string of the molecule is CCn1cc(NC(=O)C2CSC(NC)N2)ccc1=O. The van der Waals surface area contributed by atoms with E-state index in [0.717, 1.165) is 5.75 Å². The van der Waals surface area contributed by atoms with Crippen LogP contribution in [0, 0.1) is 0 Å². The summed E-state index contributed by atoms with van der Waals surface area (Å²) in [6.45, 7) is 2.47. The Bertz CT molecular complexity index is 517. The van der Waals surface area contributed by atoms with Crippen molar-refractivity contribution in [2.24, 2.45) is 0 Å². The van der Waals surface area contributed by atoms with Crippen LogP contribution in [0.2, 0.25) is 0 Å². The van der Waals surface area contributed by atoms with Crippen molar-refractivity contribution in [3.8, 4) is 0 Å². The molecular formula is C12H18N4O2S. The topological polar surface area (TPSA) is 75.2 Å². The number of hydrogen-bond donors (Lipinski definition) is 3. The fourth-order valence-electron chi connectivity index (χ4n) is 1.87. The van der Waals surface area contributed by atoms with E-state index in [4.69, 9.17) is 0 Å². The van der Waals surface area contributed by atoms with Crippen LogP contribution in [-0.4, -0.2) is 34.8 Å². The number of thioether (sulfide) groups is 1. The summed E-state index contributed by atoms with van der Waals surface area (Å²) in [6.07, 6.45) is 1.66. The number of hydrogen-bond acceptors (Lipinski definition) is 5. The predicted octanol–water partition coefficient (Wildman–Crippen LogP) is 0.0147. The number of rotatable bonds is 4. The van der Waals surface area contributed by atoms with E-state index in [1.54, 1.807) is 28.6 Å². The van der Waals surface area contributed by atoms with Crippen molar-refractivity contribution < 1.29 is 4.79 Å². The van der Waals surface area contributed by atoms with Gasteiger partial charge in [0.1, 0.15) is 5.50 Å². The van der Waals surface area contributed by atoms with Gasteiger partial charge in [0.15, 0.2) is 0 Å². The molecule has 0 bridgehead atoms. The van der Waals surface area contributed by atoms with Crippen molar-refractivity contribution in [1.29, 1.82) is 0 Å². The Morgan fingerprint density at radius 3 is 3.00 bits per heavy atom. The normalized spacial score (nSPS) is 22.4. The lowest BCUT2D eigenvalue weighted by atomic mass is 10.3. The molecule has 0 aliphatic carbocycles. The second-order valence-electron chi connectivity index (χ2n) is 4.25. The Kier molecular flexibility index (Phi) is 4.62. The van der Waals surface area contributed by atoms with Crippen LogP contribution in [0.3, 0.4) is 0 Å². The Morgan fingerprint density at radius 1 is 1.58 bits per heavy atom. The van der Waals surface area contributed by atoms with Gasteiger partial charge in [0, 0.05) is 24.6 Å². The monoisotopic (exact) mass is 282 g/mol. The fraction of sp³-hybridized carbons (Fsp3) is 0.500. The maximum atomic E-state index is 12.1. The largest absolute Gasteiger partial charge is 0.323 e. The summed E-state index contributed by atoms with van der Waals surface area (Å²) in [5.74, 6) is 0.650. The van der Waals surface area contributed by atoms with Gasteiger partial charge in [0.2, 0.25) is 5.91 Å². The minimum absolute atomic E-state index is 0.0645. The van der Waals surface area contributed by atoms with Crippen LogP contribution >= 0.6 is 11.8 Å². The number of aromatic nitrogens is 1. The molecule has 0 radical (unpaired) electrons. The molecule has 19 heavy (non-hydrogen) atoms. The molecule has 2 rings (SSSR count). The molecule has 7 heteroatoms. The highest BCUT2D eigenvalue weighted by Crippen LogP contribution is 2.17. The first-order valence-corrected chi connectivity index (χ1v) is 7.25. The molecule has 1 aliphatic rings. The van der Waals surface area contributed by atoms with Crippen LogP contribution < -0.4 is 21.5 Å². The van der Waals surface area contributed by atoms with Crippen LogP contribution in [0.4, 0.5) is 5.69 Å². The van der Waals surface area contributed by atoms with Crippen LogP contribution in [0.5, 0.6) is 0 Å². The van der Waals surface area contributed by atoms with Crippen LogP contribution in [0.25, 0.3) is 0 Å². The average Bonchev–Trinajstić information content (AvgIpc) is 2.90. The molecule has 6 nitrogen and oxygen atoms in total. The molecule has 0 aromatic carbocycles. The molecule has 2 unspecified atom stereocenters. The fourth-order valence-corrected chi connectivity index (χ4v) is 2.93. The molecule has 2 atom stereocenters. The van der Waals surface area contributed by atoms with Crippen LogP contribution in [0.15, 0.2) is 23.1 Å². The van der Waals surface area contributed by atoms with E-state index < -0.39 is 0 Å². The number of carbonyl (C=O) groups excluding carboxylic acids is 1. The first kappa shape index (κ1) is 14.1. The molecule has 1 aromatic rings. The number of anilines is 1.